The molecule has 0 radical (unpaired) electrons. The second kappa shape index (κ2) is 7.37. The largest absolute Gasteiger partial charge is 0.370 e. The van der Waals surface area contributed by atoms with Crippen molar-refractivity contribution < 1.29 is 9.53 Å². The first-order valence-electron chi connectivity index (χ1n) is 5.69. The number of hydrogen-bond donors (Lipinski definition) is 2. The van der Waals surface area contributed by atoms with Crippen molar-refractivity contribution in [2.75, 3.05) is 19.8 Å². The molecule has 17 heavy (non-hydrogen) atoms. The summed E-state index contributed by atoms with van der Waals surface area (Å²) in [5.41, 5.74) is 5.26. The Morgan fingerprint density at radius 3 is 3.06 bits per heavy atom. The summed E-state index contributed by atoms with van der Waals surface area (Å²) in [7, 11) is 0. The highest BCUT2D eigenvalue weighted by Gasteiger charge is 2.12. The molecule has 1 amide bonds. The molecule has 96 valence electrons. The van der Waals surface area contributed by atoms with Crippen LogP contribution < -0.4 is 11.1 Å². The van der Waals surface area contributed by atoms with Crippen LogP contribution in [0.25, 0.3) is 0 Å². The average molecular weight is 257 g/mol. The van der Waals surface area contributed by atoms with E-state index in [0.717, 1.165) is 11.4 Å². The van der Waals surface area contributed by atoms with Gasteiger partial charge in [0.05, 0.1) is 12.6 Å². The van der Waals surface area contributed by atoms with Gasteiger partial charge in [-0.1, -0.05) is 6.92 Å². The van der Waals surface area contributed by atoms with Gasteiger partial charge in [-0.2, -0.15) is 0 Å². The summed E-state index contributed by atoms with van der Waals surface area (Å²) in [6.45, 7) is 4.88. The quantitative estimate of drug-likeness (QED) is 0.710. The van der Waals surface area contributed by atoms with E-state index in [1.165, 1.54) is 4.88 Å². The summed E-state index contributed by atoms with van der Waals surface area (Å²) in [5, 5.41) is 3.76. The topological polar surface area (TPSA) is 77.2 Å². The van der Waals surface area contributed by atoms with Gasteiger partial charge in [-0.15, -0.1) is 11.3 Å². The Kier molecular flexibility index (Phi) is 6.10. The van der Waals surface area contributed by atoms with Crippen LogP contribution in [0.1, 0.15) is 29.8 Å². The zero-order chi connectivity index (χ0) is 12.7. The molecule has 1 atom stereocenters. The fraction of sp³-hybridized carbons (Fsp3) is 0.636. The Hall–Kier alpha value is -0.980. The van der Waals surface area contributed by atoms with E-state index in [1.807, 2.05) is 13.1 Å². The molecule has 6 heteroatoms. The van der Waals surface area contributed by atoms with Gasteiger partial charge in [-0.05, 0) is 13.3 Å². The molecule has 3 N–H and O–H groups in total. The molecule has 0 saturated carbocycles. The third kappa shape index (κ3) is 4.80. The average Bonchev–Trinajstić information content (AvgIpc) is 2.78. The van der Waals surface area contributed by atoms with E-state index in [0.29, 0.717) is 13.2 Å². The van der Waals surface area contributed by atoms with E-state index >= 15 is 0 Å². The third-order valence-corrected chi connectivity index (χ3v) is 3.49. The number of thiazole rings is 1. The molecule has 1 unspecified atom stereocenters. The second-order valence-corrected chi connectivity index (χ2v) is 4.80. The smallest absolute Gasteiger partial charge is 0.246 e. The number of hydrogen-bond acceptors (Lipinski definition) is 5. The minimum absolute atomic E-state index is 0.0492. The predicted octanol–water partition coefficient (Wildman–Crippen LogP) is 0.858. The predicted molar refractivity (Wildman–Crippen MR) is 67.9 cm³/mol. The lowest BCUT2D eigenvalue weighted by Crippen LogP contribution is -2.30. The first-order chi connectivity index (χ1) is 8.17. The van der Waals surface area contributed by atoms with E-state index in [9.17, 15) is 4.79 Å². The fourth-order valence-corrected chi connectivity index (χ4v) is 2.14. The monoisotopic (exact) mass is 257 g/mol. The van der Waals surface area contributed by atoms with Crippen molar-refractivity contribution in [2.45, 2.75) is 26.3 Å². The normalized spacial score (nSPS) is 12.4. The van der Waals surface area contributed by atoms with Crippen LogP contribution in [0.2, 0.25) is 0 Å². The Morgan fingerprint density at radius 1 is 1.71 bits per heavy atom. The number of aryl methyl sites for hydroxylation is 1. The Balaban J connectivity index is 2.37. The van der Waals surface area contributed by atoms with Gasteiger partial charge in [0.2, 0.25) is 5.91 Å². The summed E-state index contributed by atoms with van der Waals surface area (Å²) >= 11 is 1.62. The summed E-state index contributed by atoms with van der Waals surface area (Å²) in [6.07, 6.45) is 2.82. The maximum Gasteiger partial charge on any atom is 0.246 e. The maximum absolute atomic E-state index is 11.5. The number of nitrogens with two attached hydrogens (primary N) is 1. The molecular weight excluding hydrogens is 238 g/mol. The van der Waals surface area contributed by atoms with Gasteiger partial charge in [-0.3, -0.25) is 4.79 Å². The van der Waals surface area contributed by atoms with Crippen LogP contribution in [-0.2, 0) is 16.0 Å². The molecule has 0 aliphatic heterocycles. The minimum Gasteiger partial charge on any atom is -0.370 e. The highest BCUT2D eigenvalue weighted by atomic mass is 32.1. The molecule has 0 bridgehead atoms. The number of aromatic nitrogens is 1. The number of carbonyl (C=O) groups excluding carboxylic acids is 1. The lowest BCUT2D eigenvalue weighted by Gasteiger charge is -2.11. The molecule has 0 aliphatic rings. The molecule has 0 spiro atoms. The van der Waals surface area contributed by atoms with Crippen molar-refractivity contribution in [2.24, 2.45) is 5.73 Å². The van der Waals surface area contributed by atoms with Gasteiger partial charge in [0.25, 0.3) is 0 Å². The van der Waals surface area contributed by atoms with Crippen molar-refractivity contribution in [1.82, 2.24) is 10.3 Å². The highest BCUT2D eigenvalue weighted by molar-refractivity contribution is 7.11. The number of ether oxygens (including phenoxy) is 1. The lowest BCUT2D eigenvalue weighted by molar-refractivity contribution is -0.126. The van der Waals surface area contributed by atoms with Crippen molar-refractivity contribution in [3.05, 3.63) is 16.1 Å². The van der Waals surface area contributed by atoms with Crippen molar-refractivity contribution in [3.8, 4) is 0 Å². The zero-order valence-corrected chi connectivity index (χ0v) is 11.0. The standard InChI is InChI=1S/C11H19N3O2S/c1-3-9-6-13-11(17-9)8(2)14-10(15)7-16-5-4-12/h6,8H,3-5,7,12H2,1-2H3,(H,14,15). The maximum atomic E-state index is 11.5. The van der Waals surface area contributed by atoms with Gasteiger partial charge >= 0.3 is 0 Å². The first kappa shape index (κ1) is 14.1. The molecule has 1 aromatic rings. The van der Waals surface area contributed by atoms with Gasteiger partial charge in [0, 0.05) is 17.6 Å². The highest BCUT2D eigenvalue weighted by Crippen LogP contribution is 2.19. The molecule has 1 aromatic heterocycles. The van der Waals surface area contributed by atoms with Crippen molar-refractivity contribution in [1.29, 1.82) is 0 Å². The Labute approximate surface area is 105 Å². The van der Waals surface area contributed by atoms with Crippen molar-refractivity contribution in [3.63, 3.8) is 0 Å². The van der Waals surface area contributed by atoms with Crippen LogP contribution in [0.5, 0.6) is 0 Å². The van der Waals surface area contributed by atoms with Crippen LogP contribution in [0, 0.1) is 0 Å². The first-order valence-corrected chi connectivity index (χ1v) is 6.50. The van der Waals surface area contributed by atoms with Crippen LogP contribution in [0.4, 0.5) is 0 Å². The zero-order valence-electron chi connectivity index (χ0n) is 10.2. The number of nitrogens with one attached hydrogen (secondary N) is 1. The van der Waals surface area contributed by atoms with Gasteiger partial charge in [0.1, 0.15) is 11.6 Å². The van der Waals surface area contributed by atoms with Crippen LogP contribution in [-0.4, -0.2) is 30.6 Å². The number of nitrogens with zero attached hydrogens (tertiary/aromatic N) is 1. The molecule has 0 aromatic carbocycles. The second-order valence-electron chi connectivity index (χ2n) is 3.65. The minimum atomic E-state index is -0.140. The van der Waals surface area contributed by atoms with E-state index < -0.39 is 0 Å². The molecule has 1 heterocycles. The van der Waals surface area contributed by atoms with E-state index in [2.05, 4.69) is 17.2 Å². The van der Waals surface area contributed by atoms with Crippen LogP contribution in [0.15, 0.2) is 6.20 Å². The lowest BCUT2D eigenvalue weighted by atomic mass is 10.3. The van der Waals surface area contributed by atoms with E-state index in [4.69, 9.17) is 10.5 Å². The van der Waals surface area contributed by atoms with E-state index in [1.54, 1.807) is 11.3 Å². The van der Waals surface area contributed by atoms with Gasteiger partial charge in [-0.25, -0.2) is 4.98 Å². The Bertz CT molecular complexity index is 354. The summed E-state index contributed by atoms with van der Waals surface area (Å²) in [4.78, 5) is 17.0. The van der Waals surface area contributed by atoms with Gasteiger partial charge < -0.3 is 15.8 Å². The molecular formula is C11H19N3O2S. The molecule has 1 rings (SSSR count). The SMILES string of the molecule is CCc1cnc(C(C)NC(=O)COCCN)s1. The van der Waals surface area contributed by atoms with Crippen LogP contribution in [0.3, 0.4) is 0 Å². The molecule has 0 fully saturated rings. The van der Waals surface area contributed by atoms with Gasteiger partial charge in [0.15, 0.2) is 0 Å². The third-order valence-electron chi connectivity index (χ3n) is 2.16. The van der Waals surface area contributed by atoms with Crippen molar-refractivity contribution >= 4 is 17.2 Å². The fourth-order valence-electron chi connectivity index (χ4n) is 1.28. The number of carbonyl (C=O) groups is 1. The van der Waals surface area contributed by atoms with Crippen LogP contribution >= 0.6 is 11.3 Å². The Morgan fingerprint density at radius 2 is 2.47 bits per heavy atom. The summed E-state index contributed by atoms with van der Waals surface area (Å²) in [6, 6.07) is -0.0747. The molecule has 0 aliphatic carbocycles. The number of rotatable bonds is 7. The van der Waals surface area contributed by atoms with E-state index in [-0.39, 0.29) is 18.6 Å². The summed E-state index contributed by atoms with van der Waals surface area (Å²) < 4.78 is 5.05. The molecule has 5 nitrogen and oxygen atoms in total. The summed E-state index contributed by atoms with van der Waals surface area (Å²) in [5.74, 6) is -0.140. The number of amides is 1. The molecule has 0 saturated heterocycles.